The molecule has 2 heterocycles. The van der Waals surface area contributed by atoms with Crippen LogP contribution in [0, 0.1) is 0 Å². The Hall–Kier alpha value is -1.68. The Morgan fingerprint density at radius 1 is 1.32 bits per heavy atom. The molecular weight excluding hydrogens is 254 g/mol. The predicted octanol–water partition coefficient (Wildman–Crippen LogP) is 3.14. The molecule has 0 aromatic carbocycles. The molecule has 4 heteroatoms. The maximum atomic E-state index is 4.64. The van der Waals surface area contributed by atoms with Crippen molar-refractivity contribution in [1.82, 2.24) is 15.0 Å². The summed E-state index contributed by atoms with van der Waals surface area (Å²) in [6.45, 7) is 2.12. The average Bonchev–Trinajstić information content (AvgIpc) is 2.90. The number of aryl methyl sites for hydroxylation is 1. The van der Waals surface area contributed by atoms with Crippen molar-refractivity contribution in [1.29, 1.82) is 0 Å². The van der Waals surface area contributed by atoms with E-state index in [1.54, 1.807) is 11.8 Å². The Kier molecular flexibility index (Phi) is 3.34. The van der Waals surface area contributed by atoms with Gasteiger partial charge in [0, 0.05) is 29.4 Å². The molecule has 1 aliphatic carbocycles. The molecular formula is C15H15N3S. The van der Waals surface area contributed by atoms with Gasteiger partial charge in [-0.15, -0.1) is 0 Å². The molecule has 0 atom stereocenters. The highest BCUT2D eigenvalue weighted by Crippen LogP contribution is 2.31. The third kappa shape index (κ3) is 2.28. The second-order valence-electron chi connectivity index (χ2n) is 4.40. The summed E-state index contributed by atoms with van der Waals surface area (Å²) in [5, 5.41) is 0.840. The largest absolute Gasteiger partial charge is 0.260 e. The van der Waals surface area contributed by atoms with Crippen molar-refractivity contribution in [2.24, 2.45) is 0 Å². The lowest BCUT2D eigenvalue weighted by molar-refractivity contribution is 0.882. The van der Waals surface area contributed by atoms with Gasteiger partial charge in [-0.25, -0.2) is 9.97 Å². The molecule has 0 fully saturated rings. The van der Waals surface area contributed by atoms with Crippen molar-refractivity contribution in [3.05, 3.63) is 53.1 Å². The van der Waals surface area contributed by atoms with E-state index in [0.717, 1.165) is 35.1 Å². The Labute approximate surface area is 117 Å². The van der Waals surface area contributed by atoms with Crippen molar-refractivity contribution in [2.45, 2.75) is 24.9 Å². The minimum atomic E-state index is 0.840. The van der Waals surface area contributed by atoms with E-state index in [-0.39, 0.29) is 0 Å². The van der Waals surface area contributed by atoms with Gasteiger partial charge in [-0.2, -0.15) is 0 Å². The maximum Gasteiger partial charge on any atom is 0.188 e. The summed E-state index contributed by atoms with van der Waals surface area (Å²) in [7, 11) is 0. The third-order valence-electron chi connectivity index (χ3n) is 3.26. The van der Waals surface area contributed by atoms with E-state index in [1.165, 1.54) is 11.1 Å². The number of hydrogen-bond acceptors (Lipinski definition) is 4. The first-order valence-corrected chi connectivity index (χ1v) is 7.61. The van der Waals surface area contributed by atoms with Crippen LogP contribution in [0.25, 0.3) is 5.57 Å². The molecule has 0 unspecified atom stereocenters. The van der Waals surface area contributed by atoms with E-state index >= 15 is 0 Å². The number of hydrogen-bond donors (Lipinski definition) is 0. The summed E-state index contributed by atoms with van der Waals surface area (Å²) in [4.78, 5) is 13.6. The summed E-state index contributed by atoms with van der Waals surface area (Å²) in [5.74, 6) is 0. The molecule has 2 aromatic heterocycles. The first-order valence-electron chi connectivity index (χ1n) is 6.38. The molecule has 0 N–H and O–H groups in total. The topological polar surface area (TPSA) is 38.7 Å². The van der Waals surface area contributed by atoms with Crippen molar-refractivity contribution in [3.8, 4) is 0 Å². The van der Waals surface area contributed by atoms with Crippen molar-refractivity contribution in [2.75, 3.05) is 6.26 Å². The van der Waals surface area contributed by atoms with Gasteiger partial charge < -0.3 is 0 Å². The van der Waals surface area contributed by atoms with Crippen LogP contribution >= 0.6 is 11.8 Å². The van der Waals surface area contributed by atoms with E-state index in [2.05, 4.69) is 40.1 Å². The number of aromatic nitrogens is 3. The summed E-state index contributed by atoms with van der Waals surface area (Å²) in [6.07, 6.45) is 7.89. The average molecular weight is 269 g/mol. The Morgan fingerprint density at radius 3 is 3.00 bits per heavy atom. The van der Waals surface area contributed by atoms with E-state index in [1.807, 2.05) is 18.5 Å². The maximum absolute atomic E-state index is 4.64. The molecule has 19 heavy (non-hydrogen) atoms. The first kappa shape index (κ1) is 12.4. The fraction of sp³-hybridized carbons (Fsp3) is 0.267. The van der Waals surface area contributed by atoms with Gasteiger partial charge in [-0.05, 0) is 24.8 Å². The lowest BCUT2D eigenvalue weighted by atomic mass is 10.1. The SMILES string of the molecule is CCc1cc(C2=CCc3ncccc32)nc(SC)n1. The van der Waals surface area contributed by atoms with Crippen LogP contribution in [0.1, 0.15) is 29.6 Å². The summed E-state index contributed by atoms with van der Waals surface area (Å²) < 4.78 is 0. The standard InChI is InChI=1S/C15H15N3S/c1-3-10-9-14(18-15(17-10)19-2)12-6-7-13-11(12)5-4-8-16-13/h4-6,8-9H,3,7H2,1-2H3. The van der Waals surface area contributed by atoms with Gasteiger partial charge in [0.25, 0.3) is 0 Å². The van der Waals surface area contributed by atoms with Crippen LogP contribution < -0.4 is 0 Å². The van der Waals surface area contributed by atoms with Gasteiger partial charge in [-0.1, -0.05) is 30.8 Å². The van der Waals surface area contributed by atoms with Gasteiger partial charge in [-0.3, -0.25) is 4.98 Å². The summed E-state index contributed by atoms with van der Waals surface area (Å²) >= 11 is 1.59. The van der Waals surface area contributed by atoms with E-state index < -0.39 is 0 Å². The molecule has 0 saturated carbocycles. The van der Waals surface area contributed by atoms with Gasteiger partial charge in [0.2, 0.25) is 0 Å². The summed E-state index contributed by atoms with van der Waals surface area (Å²) in [6, 6.07) is 6.19. The highest BCUT2D eigenvalue weighted by atomic mass is 32.2. The number of pyridine rings is 1. The molecule has 0 saturated heterocycles. The van der Waals surface area contributed by atoms with E-state index in [4.69, 9.17) is 0 Å². The Balaban J connectivity index is 2.09. The zero-order valence-corrected chi connectivity index (χ0v) is 11.9. The van der Waals surface area contributed by atoms with Crippen molar-refractivity contribution in [3.63, 3.8) is 0 Å². The number of allylic oxidation sites excluding steroid dienone is 1. The highest BCUT2D eigenvalue weighted by molar-refractivity contribution is 7.98. The van der Waals surface area contributed by atoms with Gasteiger partial charge in [0.15, 0.2) is 5.16 Å². The van der Waals surface area contributed by atoms with Crippen molar-refractivity contribution >= 4 is 17.3 Å². The third-order valence-corrected chi connectivity index (χ3v) is 3.81. The molecule has 96 valence electrons. The lowest BCUT2D eigenvalue weighted by Gasteiger charge is -2.08. The smallest absolute Gasteiger partial charge is 0.188 e. The van der Waals surface area contributed by atoms with Crippen LogP contribution in [0.5, 0.6) is 0 Å². The molecule has 3 rings (SSSR count). The minimum Gasteiger partial charge on any atom is -0.260 e. The van der Waals surface area contributed by atoms with Crippen LogP contribution in [0.15, 0.2) is 35.6 Å². The van der Waals surface area contributed by atoms with Crippen LogP contribution in [-0.2, 0) is 12.8 Å². The predicted molar refractivity (Wildman–Crippen MR) is 78.2 cm³/mol. The molecule has 3 nitrogen and oxygen atoms in total. The minimum absolute atomic E-state index is 0.840. The van der Waals surface area contributed by atoms with Crippen LogP contribution in [0.4, 0.5) is 0 Å². The van der Waals surface area contributed by atoms with Crippen LogP contribution in [0.3, 0.4) is 0 Å². The van der Waals surface area contributed by atoms with Gasteiger partial charge >= 0.3 is 0 Å². The molecule has 2 aromatic rings. The molecule has 0 bridgehead atoms. The fourth-order valence-corrected chi connectivity index (χ4v) is 2.68. The number of nitrogens with zero attached hydrogens (tertiary/aromatic N) is 3. The van der Waals surface area contributed by atoms with Crippen LogP contribution in [-0.4, -0.2) is 21.2 Å². The molecule has 0 radical (unpaired) electrons. The zero-order valence-electron chi connectivity index (χ0n) is 11.1. The second kappa shape index (κ2) is 5.13. The molecule has 1 aliphatic rings. The highest BCUT2D eigenvalue weighted by Gasteiger charge is 2.18. The zero-order chi connectivity index (χ0) is 13.2. The quantitative estimate of drug-likeness (QED) is 0.634. The molecule has 0 spiro atoms. The Bertz CT molecular complexity index is 627. The lowest BCUT2D eigenvalue weighted by Crippen LogP contribution is -1.99. The number of rotatable bonds is 3. The van der Waals surface area contributed by atoms with E-state index in [0.29, 0.717) is 0 Å². The van der Waals surface area contributed by atoms with Crippen LogP contribution in [0.2, 0.25) is 0 Å². The number of thioether (sulfide) groups is 1. The normalized spacial score (nSPS) is 13.3. The molecule has 0 amide bonds. The molecule has 0 aliphatic heterocycles. The summed E-state index contributed by atoms with van der Waals surface area (Å²) in [5.41, 5.74) is 5.64. The van der Waals surface area contributed by atoms with Gasteiger partial charge in [0.1, 0.15) is 0 Å². The monoisotopic (exact) mass is 269 g/mol. The van der Waals surface area contributed by atoms with E-state index in [9.17, 15) is 0 Å². The Morgan fingerprint density at radius 2 is 2.21 bits per heavy atom. The second-order valence-corrected chi connectivity index (χ2v) is 5.18. The first-order chi connectivity index (χ1) is 9.31. The number of fused-ring (bicyclic) bond motifs is 1. The van der Waals surface area contributed by atoms with Gasteiger partial charge in [0.05, 0.1) is 11.4 Å². The fourth-order valence-electron chi connectivity index (χ4n) is 2.28. The van der Waals surface area contributed by atoms with Crippen molar-refractivity contribution < 1.29 is 0 Å².